The van der Waals surface area contributed by atoms with Crippen molar-refractivity contribution in [2.45, 2.75) is 13.3 Å². The van der Waals surface area contributed by atoms with Crippen LogP contribution in [0, 0.1) is 6.92 Å². The Morgan fingerprint density at radius 3 is 2.90 bits per heavy atom. The number of aromatic nitrogens is 2. The summed E-state index contributed by atoms with van der Waals surface area (Å²) in [5.74, 6) is -1.21. The van der Waals surface area contributed by atoms with Gasteiger partial charge in [-0.15, -0.1) is 11.3 Å². The number of nitrogens with one attached hydrogen (secondary N) is 1. The van der Waals surface area contributed by atoms with Crippen molar-refractivity contribution in [1.82, 2.24) is 15.3 Å². The Labute approximate surface area is 119 Å². The first-order valence-electron chi connectivity index (χ1n) is 5.95. The molecule has 0 atom stereocenters. The number of carboxylic acid groups (broad SMARTS) is 1. The lowest BCUT2D eigenvalue weighted by atomic mass is 10.2. The summed E-state index contributed by atoms with van der Waals surface area (Å²) in [6.45, 7) is 2.23. The highest BCUT2D eigenvalue weighted by Crippen LogP contribution is 2.10. The first-order chi connectivity index (χ1) is 9.56. The molecule has 104 valence electrons. The number of carbonyl (C=O) groups excluding carboxylic acids is 1. The molecule has 0 spiro atoms. The number of aryl methyl sites for hydroxylation is 1. The van der Waals surface area contributed by atoms with Crippen LogP contribution in [-0.4, -0.2) is 33.5 Å². The summed E-state index contributed by atoms with van der Waals surface area (Å²) in [5, 5.41) is 13.7. The van der Waals surface area contributed by atoms with Crippen LogP contribution < -0.4 is 5.32 Å². The van der Waals surface area contributed by atoms with Gasteiger partial charge in [-0.3, -0.25) is 9.78 Å². The van der Waals surface area contributed by atoms with Gasteiger partial charge in [-0.1, -0.05) is 0 Å². The van der Waals surface area contributed by atoms with Gasteiger partial charge in [-0.05, 0) is 19.1 Å². The standard InChI is InChI=1S/C13H13N3O3S/c1-8-6-9(2-4-14-8)12(17)15-5-3-11-16-10(7-20-11)13(18)19/h2,4,6-7H,3,5H2,1H3,(H,15,17)(H,18,19). The molecule has 0 aliphatic heterocycles. The number of hydrogen-bond acceptors (Lipinski definition) is 5. The summed E-state index contributed by atoms with van der Waals surface area (Å²) < 4.78 is 0. The average molecular weight is 291 g/mol. The second-order valence-electron chi connectivity index (χ2n) is 4.12. The van der Waals surface area contributed by atoms with Gasteiger partial charge in [0.05, 0.1) is 5.01 Å². The highest BCUT2D eigenvalue weighted by molar-refractivity contribution is 7.09. The second-order valence-corrected chi connectivity index (χ2v) is 5.07. The number of carbonyl (C=O) groups is 2. The van der Waals surface area contributed by atoms with Gasteiger partial charge in [0.1, 0.15) is 0 Å². The molecular weight excluding hydrogens is 278 g/mol. The molecule has 2 aromatic heterocycles. The molecule has 2 heterocycles. The number of amides is 1. The lowest BCUT2D eigenvalue weighted by Crippen LogP contribution is -2.25. The van der Waals surface area contributed by atoms with Gasteiger partial charge < -0.3 is 10.4 Å². The Hall–Kier alpha value is -2.28. The fraction of sp³-hybridized carbons (Fsp3) is 0.231. The summed E-state index contributed by atoms with van der Waals surface area (Å²) in [5.41, 5.74) is 1.38. The lowest BCUT2D eigenvalue weighted by molar-refractivity contribution is 0.0690. The molecule has 2 rings (SSSR count). The van der Waals surface area contributed by atoms with Crippen molar-refractivity contribution in [3.05, 3.63) is 45.7 Å². The van der Waals surface area contributed by atoms with Crippen LogP contribution in [0.4, 0.5) is 0 Å². The van der Waals surface area contributed by atoms with Gasteiger partial charge in [-0.25, -0.2) is 9.78 Å². The number of thiazole rings is 1. The van der Waals surface area contributed by atoms with Gasteiger partial charge in [0.25, 0.3) is 5.91 Å². The third-order valence-electron chi connectivity index (χ3n) is 2.55. The minimum absolute atomic E-state index is 0.0427. The predicted molar refractivity (Wildman–Crippen MR) is 74.1 cm³/mol. The van der Waals surface area contributed by atoms with Crippen molar-refractivity contribution in [2.24, 2.45) is 0 Å². The van der Waals surface area contributed by atoms with E-state index in [4.69, 9.17) is 5.11 Å². The van der Waals surface area contributed by atoms with Crippen LogP contribution in [0.1, 0.15) is 31.5 Å². The third-order valence-corrected chi connectivity index (χ3v) is 3.46. The molecule has 0 saturated carbocycles. The zero-order valence-corrected chi connectivity index (χ0v) is 11.6. The molecule has 7 heteroatoms. The van der Waals surface area contributed by atoms with Crippen LogP contribution in [0.2, 0.25) is 0 Å². The Morgan fingerprint density at radius 2 is 2.25 bits per heavy atom. The fourth-order valence-electron chi connectivity index (χ4n) is 1.60. The largest absolute Gasteiger partial charge is 0.476 e. The maximum Gasteiger partial charge on any atom is 0.355 e. The monoisotopic (exact) mass is 291 g/mol. The van der Waals surface area contributed by atoms with E-state index in [1.807, 2.05) is 6.92 Å². The number of hydrogen-bond donors (Lipinski definition) is 2. The zero-order chi connectivity index (χ0) is 14.5. The molecular formula is C13H13N3O3S. The van der Waals surface area contributed by atoms with Gasteiger partial charge >= 0.3 is 5.97 Å². The molecule has 0 radical (unpaired) electrons. The van der Waals surface area contributed by atoms with E-state index in [0.29, 0.717) is 23.5 Å². The number of pyridine rings is 1. The summed E-state index contributed by atoms with van der Waals surface area (Å²) in [4.78, 5) is 30.5. The van der Waals surface area contributed by atoms with Crippen molar-refractivity contribution in [1.29, 1.82) is 0 Å². The molecule has 0 bridgehead atoms. The van der Waals surface area contributed by atoms with Crippen molar-refractivity contribution in [3.8, 4) is 0 Å². The first-order valence-corrected chi connectivity index (χ1v) is 6.83. The molecule has 0 aliphatic carbocycles. The third kappa shape index (κ3) is 3.61. The van der Waals surface area contributed by atoms with Crippen LogP contribution in [-0.2, 0) is 6.42 Å². The SMILES string of the molecule is Cc1cc(C(=O)NCCc2nc(C(=O)O)cs2)ccn1. The Morgan fingerprint density at radius 1 is 1.45 bits per heavy atom. The highest BCUT2D eigenvalue weighted by Gasteiger charge is 2.09. The van der Waals surface area contributed by atoms with Crippen LogP contribution >= 0.6 is 11.3 Å². The van der Waals surface area contributed by atoms with Gasteiger partial charge in [0, 0.05) is 35.8 Å². The molecule has 20 heavy (non-hydrogen) atoms. The smallest absolute Gasteiger partial charge is 0.355 e. The molecule has 0 fully saturated rings. The molecule has 0 saturated heterocycles. The lowest BCUT2D eigenvalue weighted by Gasteiger charge is -2.04. The normalized spacial score (nSPS) is 10.2. The van der Waals surface area contributed by atoms with Crippen molar-refractivity contribution < 1.29 is 14.7 Å². The maximum atomic E-state index is 11.9. The zero-order valence-electron chi connectivity index (χ0n) is 10.8. The molecule has 2 N–H and O–H groups in total. The van der Waals surface area contributed by atoms with E-state index in [1.54, 1.807) is 18.3 Å². The van der Waals surface area contributed by atoms with Crippen LogP contribution in [0.5, 0.6) is 0 Å². The summed E-state index contributed by atoms with van der Waals surface area (Å²) in [7, 11) is 0. The topological polar surface area (TPSA) is 92.2 Å². The van der Waals surface area contributed by atoms with E-state index in [1.165, 1.54) is 16.7 Å². The number of aromatic carboxylic acids is 1. The van der Waals surface area contributed by atoms with E-state index in [2.05, 4.69) is 15.3 Å². The van der Waals surface area contributed by atoms with Crippen molar-refractivity contribution in [2.75, 3.05) is 6.54 Å². The second kappa shape index (κ2) is 6.25. The van der Waals surface area contributed by atoms with Crippen LogP contribution in [0.25, 0.3) is 0 Å². The Bertz CT molecular complexity index is 639. The summed E-state index contributed by atoms with van der Waals surface area (Å²) in [6.07, 6.45) is 2.10. The number of carboxylic acids is 1. The molecule has 2 aromatic rings. The van der Waals surface area contributed by atoms with Crippen molar-refractivity contribution >= 4 is 23.2 Å². The fourth-order valence-corrected chi connectivity index (χ4v) is 2.37. The van der Waals surface area contributed by atoms with Crippen LogP contribution in [0.3, 0.4) is 0 Å². The Balaban J connectivity index is 1.86. The number of nitrogens with zero attached hydrogens (tertiary/aromatic N) is 2. The molecule has 6 nitrogen and oxygen atoms in total. The summed E-state index contributed by atoms with van der Waals surface area (Å²) in [6, 6.07) is 3.36. The molecule has 1 amide bonds. The minimum atomic E-state index is -1.04. The average Bonchev–Trinajstić information content (AvgIpc) is 2.87. The molecule has 0 unspecified atom stereocenters. The van der Waals surface area contributed by atoms with Gasteiger partial charge in [0.2, 0.25) is 0 Å². The van der Waals surface area contributed by atoms with Gasteiger partial charge in [0.15, 0.2) is 5.69 Å². The minimum Gasteiger partial charge on any atom is -0.476 e. The maximum absolute atomic E-state index is 11.9. The van der Waals surface area contributed by atoms with E-state index in [-0.39, 0.29) is 11.6 Å². The summed E-state index contributed by atoms with van der Waals surface area (Å²) >= 11 is 1.27. The first kappa shape index (κ1) is 14.1. The van der Waals surface area contributed by atoms with Crippen LogP contribution in [0.15, 0.2) is 23.7 Å². The van der Waals surface area contributed by atoms with Crippen molar-refractivity contribution in [3.63, 3.8) is 0 Å². The Kier molecular flexibility index (Phi) is 4.41. The van der Waals surface area contributed by atoms with E-state index in [0.717, 1.165) is 5.69 Å². The highest BCUT2D eigenvalue weighted by atomic mass is 32.1. The molecule has 0 aromatic carbocycles. The number of rotatable bonds is 5. The van der Waals surface area contributed by atoms with E-state index < -0.39 is 5.97 Å². The van der Waals surface area contributed by atoms with Gasteiger partial charge in [-0.2, -0.15) is 0 Å². The predicted octanol–water partition coefficient (Wildman–Crippen LogP) is 1.52. The van der Waals surface area contributed by atoms with E-state index >= 15 is 0 Å². The quantitative estimate of drug-likeness (QED) is 0.871. The molecule has 0 aliphatic rings. The van der Waals surface area contributed by atoms with E-state index in [9.17, 15) is 9.59 Å².